The number of carbonyl (C=O) groups excluding carboxylic acids is 2. The predicted octanol–water partition coefficient (Wildman–Crippen LogP) is 4.01. The maximum Gasteiger partial charge on any atom is 0.146 e. The van der Waals surface area contributed by atoms with Crippen LogP contribution in [0.3, 0.4) is 0 Å². The van der Waals surface area contributed by atoms with Crippen LogP contribution in [0.2, 0.25) is 0 Å². The van der Waals surface area contributed by atoms with Crippen LogP contribution in [0.4, 0.5) is 0 Å². The molecule has 0 amide bonds. The molecule has 2 aliphatic rings. The van der Waals surface area contributed by atoms with Gasteiger partial charge in [0, 0.05) is 25.4 Å². The Morgan fingerprint density at radius 1 is 1.36 bits per heavy atom. The Hall–Kier alpha value is -0.780. The lowest BCUT2D eigenvalue weighted by Gasteiger charge is -2.50. The van der Waals surface area contributed by atoms with Gasteiger partial charge in [0.25, 0.3) is 0 Å². The highest BCUT2D eigenvalue weighted by Gasteiger charge is 2.55. The van der Waals surface area contributed by atoms with E-state index in [0.29, 0.717) is 18.6 Å². The highest BCUT2D eigenvalue weighted by molar-refractivity contribution is 5.82. The normalized spacial score (nSPS) is 37.6. The Morgan fingerprint density at radius 3 is 2.61 bits per heavy atom. The molecule has 5 nitrogen and oxygen atoms in total. The van der Waals surface area contributed by atoms with Crippen LogP contribution in [0, 0.1) is 34.5 Å². The Labute approximate surface area is 170 Å². The van der Waals surface area contributed by atoms with E-state index in [4.69, 9.17) is 9.47 Å². The van der Waals surface area contributed by atoms with E-state index in [-0.39, 0.29) is 47.4 Å². The molecule has 0 aromatic heterocycles. The fourth-order valence-corrected chi connectivity index (χ4v) is 6.10. The van der Waals surface area contributed by atoms with Crippen LogP contribution < -0.4 is 0 Å². The van der Waals surface area contributed by atoms with E-state index in [9.17, 15) is 14.7 Å². The van der Waals surface area contributed by atoms with Gasteiger partial charge >= 0.3 is 0 Å². The molecule has 0 aliphatic heterocycles. The van der Waals surface area contributed by atoms with Crippen LogP contribution in [0.15, 0.2) is 0 Å². The van der Waals surface area contributed by atoms with Gasteiger partial charge in [-0.1, -0.05) is 34.6 Å². The van der Waals surface area contributed by atoms with Crippen LogP contribution >= 0.6 is 0 Å². The van der Waals surface area contributed by atoms with Gasteiger partial charge in [-0.15, -0.1) is 0 Å². The molecule has 2 unspecified atom stereocenters. The van der Waals surface area contributed by atoms with Crippen LogP contribution in [-0.2, 0) is 19.1 Å². The molecule has 0 radical (unpaired) electrons. The largest absolute Gasteiger partial charge is 0.393 e. The van der Waals surface area contributed by atoms with E-state index >= 15 is 0 Å². The van der Waals surface area contributed by atoms with Gasteiger partial charge in [-0.05, 0) is 54.8 Å². The number of carbonyl (C=O) groups is 2. The number of rotatable bonds is 9. The number of fused-ring (bicyclic) bond motifs is 2. The molecule has 1 N–H and O–H groups in total. The third-order valence-electron chi connectivity index (χ3n) is 8.19. The summed E-state index contributed by atoms with van der Waals surface area (Å²) in [5.74, 6) is 0.519. The summed E-state index contributed by atoms with van der Waals surface area (Å²) in [5.41, 5.74) is -0.373. The summed E-state index contributed by atoms with van der Waals surface area (Å²) in [6.45, 7) is 10.6. The molecule has 2 saturated carbocycles. The maximum atomic E-state index is 12.7. The zero-order valence-electron chi connectivity index (χ0n) is 18.6. The highest BCUT2D eigenvalue weighted by atomic mass is 16.7. The van der Waals surface area contributed by atoms with E-state index in [1.807, 2.05) is 13.8 Å². The summed E-state index contributed by atoms with van der Waals surface area (Å²) in [4.78, 5) is 24.3. The molecule has 2 rings (SSSR count). The van der Waals surface area contributed by atoms with Crippen LogP contribution in [0.5, 0.6) is 0 Å². The number of ketones is 1. The second kappa shape index (κ2) is 9.36. The summed E-state index contributed by atoms with van der Waals surface area (Å²) in [7, 11) is 1.59. The van der Waals surface area contributed by atoms with E-state index in [2.05, 4.69) is 20.8 Å². The van der Waals surface area contributed by atoms with Gasteiger partial charge in [0.15, 0.2) is 0 Å². The summed E-state index contributed by atoms with van der Waals surface area (Å²) in [6.07, 6.45) is 4.93. The Balaban J connectivity index is 2.46. The molecule has 8 atom stereocenters. The standard InChI is InChI=1S/C23H40O5/c1-7-20(26)22(5)13-23(9-8-19(25)18(11-23)10-16(22)3)17(4)21(15(2)12-24)28-14-27-6/h12,15-18,20-21,26H,7-11,13-14H2,1-6H3/t15-,16-,17+,18?,20-,21-,22+,23?/m1/s1. The van der Waals surface area contributed by atoms with Gasteiger partial charge in [-0.3, -0.25) is 4.79 Å². The minimum Gasteiger partial charge on any atom is -0.393 e. The van der Waals surface area contributed by atoms with Crippen molar-refractivity contribution in [3.8, 4) is 0 Å². The summed E-state index contributed by atoms with van der Waals surface area (Å²) >= 11 is 0. The number of hydrogen-bond acceptors (Lipinski definition) is 5. The third kappa shape index (κ3) is 4.36. The first-order chi connectivity index (χ1) is 13.1. The van der Waals surface area contributed by atoms with Crippen LogP contribution in [0.25, 0.3) is 0 Å². The quantitative estimate of drug-likeness (QED) is 0.471. The zero-order valence-corrected chi connectivity index (χ0v) is 18.6. The number of aliphatic hydroxyl groups is 1. The van der Waals surface area contributed by atoms with Gasteiger partial charge < -0.3 is 19.4 Å². The van der Waals surface area contributed by atoms with E-state index < -0.39 is 6.10 Å². The zero-order chi connectivity index (χ0) is 21.1. The van der Waals surface area contributed by atoms with Crippen molar-refractivity contribution < 1.29 is 24.2 Å². The average Bonchev–Trinajstić information content (AvgIpc) is 2.78. The van der Waals surface area contributed by atoms with Gasteiger partial charge in [0.1, 0.15) is 18.9 Å². The first kappa shape index (κ1) is 23.5. The van der Waals surface area contributed by atoms with Crippen molar-refractivity contribution >= 4 is 12.1 Å². The Bertz CT molecular complexity index is 549. The third-order valence-corrected chi connectivity index (χ3v) is 8.19. The highest BCUT2D eigenvalue weighted by Crippen LogP contribution is 2.59. The molecule has 28 heavy (non-hydrogen) atoms. The monoisotopic (exact) mass is 396 g/mol. The van der Waals surface area contributed by atoms with Gasteiger partial charge in [-0.2, -0.15) is 0 Å². The van der Waals surface area contributed by atoms with E-state index in [1.165, 1.54) is 0 Å². The smallest absolute Gasteiger partial charge is 0.146 e. The summed E-state index contributed by atoms with van der Waals surface area (Å²) < 4.78 is 11.1. The van der Waals surface area contributed by atoms with Crippen LogP contribution in [0.1, 0.15) is 73.1 Å². The van der Waals surface area contributed by atoms with Gasteiger partial charge in [0.2, 0.25) is 0 Å². The summed E-state index contributed by atoms with van der Waals surface area (Å²) in [5, 5.41) is 11.0. The topological polar surface area (TPSA) is 72.8 Å². The van der Waals surface area contributed by atoms with Crippen molar-refractivity contribution in [2.24, 2.45) is 34.5 Å². The number of methoxy groups -OCH3 is 1. The maximum absolute atomic E-state index is 12.7. The Morgan fingerprint density at radius 2 is 2.04 bits per heavy atom. The van der Waals surface area contributed by atoms with Crippen LogP contribution in [-0.4, -0.2) is 43.3 Å². The molecule has 0 heterocycles. The number of aldehydes is 1. The van der Waals surface area contributed by atoms with Gasteiger partial charge in [-0.25, -0.2) is 0 Å². The minimum atomic E-state index is -0.400. The van der Waals surface area contributed by atoms with Crippen molar-refractivity contribution in [2.45, 2.75) is 85.4 Å². The Kier molecular flexibility index (Phi) is 7.85. The predicted molar refractivity (Wildman–Crippen MR) is 109 cm³/mol. The van der Waals surface area contributed by atoms with Crippen molar-refractivity contribution in [1.29, 1.82) is 0 Å². The number of aliphatic hydroxyl groups excluding tert-OH is 1. The molecule has 0 saturated heterocycles. The van der Waals surface area contributed by atoms with Crippen molar-refractivity contribution in [1.82, 2.24) is 0 Å². The molecule has 2 fully saturated rings. The fraction of sp³-hybridized carbons (Fsp3) is 0.913. The molecule has 5 heteroatoms. The first-order valence-corrected chi connectivity index (χ1v) is 10.9. The number of ether oxygens (including phenoxy) is 2. The summed E-state index contributed by atoms with van der Waals surface area (Å²) in [6, 6.07) is 0. The lowest BCUT2D eigenvalue weighted by molar-refractivity contribution is -0.153. The molecule has 0 aromatic rings. The number of hydrogen-bond donors (Lipinski definition) is 1. The molecular weight excluding hydrogens is 356 g/mol. The van der Waals surface area contributed by atoms with Crippen molar-refractivity contribution in [3.63, 3.8) is 0 Å². The second-order valence-electron chi connectivity index (χ2n) is 9.79. The molecule has 0 spiro atoms. The minimum absolute atomic E-state index is 0.0479. The number of Topliss-reactive ketones (excluding diaryl/α,β-unsaturated/α-hetero) is 1. The average molecular weight is 397 g/mol. The SMILES string of the molecule is CC[C@@H](O)[C@@]1(C)CC2([C@@H](C)[C@H](OCOC)[C@H](C)C=O)CCC(=O)C(C[C@H]1C)C2. The molecular formula is C23H40O5. The lowest BCUT2D eigenvalue weighted by Crippen LogP contribution is -2.48. The first-order valence-electron chi connectivity index (χ1n) is 10.9. The lowest BCUT2D eigenvalue weighted by atomic mass is 9.56. The molecule has 0 aromatic carbocycles. The van der Waals surface area contributed by atoms with Gasteiger partial charge in [0.05, 0.1) is 12.2 Å². The van der Waals surface area contributed by atoms with E-state index in [0.717, 1.165) is 32.0 Å². The van der Waals surface area contributed by atoms with Crippen molar-refractivity contribution in [3.05, 3.63) is 0 Å². The fourth-order valence-electron chi connectivity index (χ4n) is 6.10. The second-order valence-corrected chi connectivity index (χ2v) is 9.79. The molecule has 2 bridgehead atoms. The van der Waals surface area contributed by atoms with Crippen molar-refractivity contribution in [2.75, 3.05) is 13.9 Å². The van der Waals surface area contributed by atoms with E-state index in [1.54, 1.807) is 7.11 Å². The molecule has 2 aliphatic carbocycles. The molecule has 162 valence electrons.